The van der Waals surface area contributed by atoms with Gasteiger partial charge in [0.05, 0.1) is 5.52 Å². The maximum absolute atomic E-state index is 14.1. The summed E-state index contributed by atoms with van der Waals surface area (Å²) in [6, 6.07) is 25.4. The van der Waals surface area contributed by atoms with E-state index >= 15 is 0 Å². The lowest BCUT2D eigenvalue weighted by Gasteiger charge is -2.44. The molecule has 2 fully saturated rings. The van der Waals surface area contributed by atoms with Crippen molar-refractivity contribution in [3.8, 4) is 0 Å². The molecule has 3 aromatic carbocycles. The summed E-state index contributed by atoms with van der Waals surface area (Å²) < 4.78 is 0. The molecule has 1 aliphatic carbocycles. The van der Waals surface area contributed by atoms with Gasteiger partial charge < -0.3 is 15.1 Å². The summed E-state index contributed by atoms with van der Waals surface area (Å²) in [7, 11) is 0. The number of amides is 3. The summed E-state index contributed by atoms with van der Waals surface area (Å²) >= 11 is 12.6. The molecule has 228 valence electrons. The molecule has 0 radical (unpaired) electrons. The molecule has 6 rings (SSSR count). The van der Waals surface area contributed by atoms with Crippen molar-refractivity contribution >= 4 is 46.0 Å². The fraction of sp³-hybridized carbons (Fsp3) is 0.361. The lowest BCUT2D eigenvalue weighted by Crippen LogP contribution is -2.56. The van der Waals surface area contributed by atoms with Crippen LogP contribution in [0.2, 0.25) is 10.0 Å². The summed E-state index contributed by atoms with van der Waals surface area (Å²) in [5.74, 6) is -0.0906. The van der Waals surface area contributed by atoms with Crippen molar-refractivity contribution in [2.24, 2.45) is 0 Å². The van der Waals surface area contributed by atoms with E-state index in [1.807, 2.05) is 58.5 Å². The first-order chi connectivity index (χ1) is 21.4. The van der Waals surface area contributed by atoms with Crippen molar-refractivity contribution in [1.82, 2.24) is 20.1 Å². The Hall–Kier alpha value is -3.61. The zero-order chi connectivity index (χ0) is 30.5. The van der Waals surface area contributed by atoms with E-state index in [4.69, 9.17) is 23.2 Å². The van der Waals surface area contributed by atoms with E-state index < -0.39 is 0 Å². The molecule has 1 saturated heterocycles. The van der Waals surface area contributed by atoms with E-state index in [9.17, 15) is 9.59 Å². The number of hydrogen-bond donors (Lipinski definition) is 1. The smallest absolute Gasteiger partial charge is 0.318 e. The molecule has 6 nitrogen and oxygen atoms in total. The highest BCUT2D eigenvalue weighted by Crippen LogP contribution is 2.30. The monoisotopic (exact) mass is 628 g/mol. The number of benzene rings is 3. The number of aromatic nitrogens is 1. The largest absolute Gasteiger partial charge is 0.335 e. The number of nitrogens with zero attached hydrogens (tertiary/aromatic N) is 3. The molecule has 44 heavy (non-hydrogen) atoms. The van der Waals surface area contributed by atoms with Crippen LogP contribution >= 0.6 is 23.2 Å². The minimum absolute atomic E-state index is 0.0253. The predicted molar refractivity (Wildman–Crippen MR) is 177 cm³/mol. The Kier molecular flexibility index (Phi) is 9.68. The van der Waals surface area contributed by atoms with Crippen LogP contribution in [-0.4, -0.2) is 51.4 Å². The second kappa shape index (κ2) is 14.0. The molecule has 0 unspecified atom stereocenters. The van der Waals surface area contributed by atoms with Gasteiger partial charge in [-0.2, -0.15) is 0 Å². The molecule has 2 heterocycles. The van der Waals surface area contributed by atoms with Crippen molar-refractivity contribution < 1.29 is 9.59 Å². The average molecular weight is 630 g/mol. The first-order valence-electron chi connectivity index (χ1n) is 15.7. The summed E-state index contributed by atoms with van der Waals surface area (Å²) in [5.41, 5.74) is 3.62. The third kappa shape index (κ3) is 7.19. The number of para-hydroxylation sites is 1. The Balaban J connectivity index is 1.31. The van der Waals surface area contributed by atoms with Crippen LogP contribution in [0.4, 0.5) is 4.79 Å². The van der Waals surface area contributed by atoms with Crippen LogP contribution in [0.5, 0.6) is 0 Å². The fourth-order valence-electron chi connectivity index (χ4n) is 6.85. The second-order valence-electron chi connectivity index (χ2n) is 12.1. The van der Waals surface area contributed by atoms with Crippen LogP contribution in [-0.2, 0) is 13.0 Å². The number of carbonyl (C=O) groups excluding carboxylic acids is 2. The summed E-state index contributed by atoms with van der Waals surface area (Å²) in [6.07, 6.45) is 9.40. The average Bonchev–Trinajstić information content (AvgIpc) is 3.04. The Bertz CT molecular complexity index is 1580. The molecule has 0 spiro atoms. The summed E-state index contributed by atoms with van der Waals surface area (Å²) in [4.78, 5) is 36.6. The van der Waals surface area contributed by atoms with Crippen LogP contribution in [0.25, 0.3) is 10.9 Å². The molecule has 8 heteroatoms. The molecule has 1 saturated carbocycles. The maximum Gasteiger partial charge on any atom is 0.318 e. The standard InChI is InChI=1S/C36H38Cl2N4O2/c37-28-20-27(21-29(38)22-28)35(43)41-18-16-31(23-32(41)19-25-9-3-1-4-10-25)42(36(44)40-30-11-5-2-6-12-30)24-26-15-17-39-34-14-8-7-13-33(26)34/h1,3-4,7-10,13-15,17,20-22,30-32H,2,5-6,11-12,16,18-19,23-24H2,(H,40,44)/t31-,32+/m0/s1. The van der Waals surface area contributed by atoms with E-state index in [1.54, 1.807) is 18.2 Å². The first kappa shape index (κ1) is 30.4. The summed E-state index contributed by atoms with van der Waals surface area (Å²) in [6.45, 7) is 0.998. The normalized spacial score (nSPS) is 19.1. The molecule has 1 N–H and O–H groups in total. The van der Waals surface area contributed by atoms with Gasteiger partial charge in [-0.3, -0.25) is 9.78 Å². The number of nitrogens with one attached hydrogen (secondary N) is 1. The molecule has 2 atom stereocenters. The van der Waals surface area contributed by atoms with Gasteiger partial charge in [0.15, 0.2) is 0 Å². The Morgan fingerprint density at radius 3 is 2.39 bits per heavy atom. The number of likely N-dealkylation sites (tertiary alicyclic amines) is 1. The van der Waals surface area contributed by atoms with Gasteiger partial charge in [-0.25, -0.2) is 4.79 Å². The molecule has 4 aromatic rings. The minimum atomic E-state index is -0.111. The number of pyridine rings is 1. The Morgan fingerprint density at radius 2 is 1.61 bits per heavy atom. The Labute approximate surface area is 269 Å². The Morgan fingerprint density at radius 1 is 0.886 bits per heavy atom. The van der Waals surface area contributed by atoms with Crippen LogP contribution in [0, 0.1) is 0 Å². The summed E-state index contributed by atoms with van der Waals surface area (Å²) in [5, 5.41) is 5.31. The molecule has 1 aliphatic heterocycles. The quantitative estimate of drug-likeness (QED) is 0.224. The predicted octanol–water partition coefficient (Wildman–Crippen LogP) is 8.30. The van der Waals surface area contributed by atoms with Gasteiger partial charge >= 0.3 is 6.03 Å². The van der Waals surface area contributed by atoms with Crippen molar-refractivity contribution in [2.45, 2.75) is 76.0 Å². The fourth-order valence-corrected chi connectivity index (χ4v) is 7.38. The van der Waals surface area contributed by atoms with Gasteiger partial charge in [0.1, 0.15) is 0 Å². The van der Waals surface area contributed by atoms with Gasteiger partial charge in [0, 0.05) is 58.4 Å². The number of piperidine rings is 1. The number of hydrogen-bond acceptors (Lipinski definition) is 3. The maximum atomic E-state index is 14.1. The van der Waals surface area contributed by atoms with E-state index in [2.05, 4.69) is 28.5 Å². The molecular weight excluding hydrogens is 591 g/mol. The van der Waals surface area contributed by atoms with E-state index in [0.717, 1.165) is 47.7 Å². The number of fused-ring (bicyclic) bond motifs is 1. The lowest BCUT2D eigenvalue weighted by atomic mass is 9.90. The molecule has 2 aliphatic rings. The van der Waals surface area contributed by atoms with Gasteiger partial charge in [-0.15, -0.1) is 0 Å². The van der Waals surface area contributed by atoms with Gasteiger partial charge in [0.25, 0.3) is 5.91 Å². The van der Waals surface area contributed by atoms with Crippen LogP contribution in [0.1, 0.15) is 66.4 Å². The van der Waals surface area contributed by atoms with Crippen molar-refractivity contribution in [3.05, 3.63) is 112 Å². The number of rotatable bonds is 7. The highest BCUT2D eigenvalue weighted by atomic mass is 35.5. The van der Waals surface area contributed by atoms with Crippen molar-refractivity contribution in [3.63, 3.8) is 0 Å². The molecule has 0 bridgehead atoms. The lowest BCUT2D eigenvalue weighted by molar-refractivity contribution is 0.0475. The van der Waals surface area contributed by atoms with Crippen LogP contribution < -0.4 is 5.32 Å². The molecule has 3 amide bonds. The van der Waals surface area contributed by atoms with Gasteiger partial charge in [0.2, 0.25) is 0 Å². The van der Waals surface area contributed by atoms with E-state index in [1.165, 1.54) is 6.42 Å². The van der Waals surface area contributed by atoms with E-state index in [-0.39, 0.29) is 30.1 Å². The highest BCUT2D eigenvalue weighted by Gasteiger charge is 2.37. The minimum Gasteiger partial charge on any atom is -0.335 e. The molecule has 1 aromatic heterocycles. The third-order valence-electron chi connectivity index (χ3n) is 9.09. The zero-order valence-electron chi connectivity index (χ0n) is 24.8. The van der Waals surface area contributed by atoms with Gasteiger partial charge in [-0.1, -0.05) is 91.0 Å². The number of halogens is 2. The number of carbonyl (C=O) groups is 2. The second-order valence-corrected chi connectivity index (χ2v) is 13.0. The van der Waals surface area contributed by atoms with Crippen molar-refractivity contribution in [2.75, 3.05) is 6.54 Å². The van der Waals surface area contributed by atoms with Crippen LogP contribution in [0.15, 0.2) is 85.1 Å². The first-order valence-corrected chi connectivity index (χ1v) is 16.4. The molecular formula is C36H38Cl2N4O2. The van der Waals surface area contributed by atoms with Crippen LogP contribution in [0.3, 0.4) is 0 Å². The number of urea groups is 1. The van der Waals surface area contributed by atoms with Crippen molar-refractivity contribution in [1.29, 1.82) is 0 Å². The van der Waals surface area contributed by atoms with E-state index in [0.29, 0.717) is 48.0 Å². The third-order valence-corrected chi connectivity index (χ3v) is 9.52. The zero-order valence-corrected chi connectivity index (χ0v) is 26.3. The highest BCUT2D eigenvalue weighted by molar-refractivity contribution is 6.35. The topological polar surface area (TPSA) is 65.5 Å². The SMILES string of the molecule is O=C(NC1CCCCC1)N(Cc1ccnc2ccccc12)[C@H]1CCN(C(=O)c2cc(Cl)cc(Cl)c2)[C@H](Cc2ccccc2)C1. The van der Waals surface area contributed by atoms with Gasteiger partial charge in [-0.05, 0) is 73.6 Å².